The summed E-state index contributed by atoms with van der Waals surface area (Å²) in [5, 5.41) is 0. The molecule has 0 atom stereocenters. The fraction of sp³-hybridized carbons (Fsp3) is 0.529. The van der Waals surface area contributed by atoms with Crippen LogP contribution in [0.15, 0.2) is 18.2 Å². The molecule has 2 N–H and O–H groups in total. The first-order chi connectivity index (χ1) is 10.9. The number of nitrogens with two attached hydrogens (primary N) is 1. The summed E-state index contributed by atoms with van der Waals surface area (Å²) < 4.78 is 5.77. The zero-order chi connectivity index (χ0) is 16.6. The van der Waals surface area contributed by atoms with Gasteiger partial charge in [-0.25, -0.2) is 0 Å². The molecule has 2 amide bonds. The Kier molecular flexibility index (Phi) is 3.92. The second kappa shape index (κ2) is 5.76. The number of fused-ring (bicyclic) bond motifs is 1. The molecule has 0 spiro atoms. The van der Waals surface area contributed by atoms with E-state index in [1.165, 1.54) is 4.90 Å². The highest BCUT2D eigenvalue weighted by atomic mass is 16.5. The van der Waals surface area contributed by atoms with E-state index in [1.807, 2.05) is 4.90 Å². The van der Waals surface area contributed by atoms with Crippen molar-refractivity contribution >= 4 is 23.2 Å². The highest BCUT2D eigenvalue weighted by Crippen LogP contribution is 2.38. The van der Waals surface area contributed by atoms with E-state index in [4.69, 9.17) is 10.5 Å². The minimum atomic E-state index is -0.995. The van der Waals surface area contributed by atoms with Gasteiger partial charge >= 0.3 is 0 Å². The molecule has 124 valence electrons. The van der Waals surface area contributed by atoms with E-state index in [9.17, 15) is 9.59 Å². The summed E-state index contributed by atoms with van der Waals surface area (Å²) in [7, 11) is 0. The molecule has 2 aliphatic rings. The topological polar surface area (TPSA) is 75.9 Å². The standard InChI is InChI=1S/C17H23N3O3/c1-17(2)16(22)20(11-15(21)19-8-4-3-5-9-19)13-10-12(18)6-7-14(13)23-17/h6-7,10H,3-5,8-9,11,18H2,1-2H3. The Morgan fingerprint density at radius 3 is 2.65 bits per heavy atom. The number of ether oxygens (including phenoxy) is 1. The maximum absolute atomic E-state index is 12.7. The van der Waals surface area contributed by atoms with Crippen molar-refractivity contribution in [3.8, 4) is 5.75 Å². The Bertz CT molecular complexity index is 636. The molecule has 0 bridgehead atoms. The molecule has 1 fully saturated rings. The van der Waals surface area contributed by atoms with Gasteiger partial charge in [-0.2, -0.15) is 0 Å². The maximum atomic E-state index is 12.7. The van der Waals surface area contributed by atoms with Crippen molar-refractivity contribution in [3.63, 3.8) is 0 Å². The Morgan fingerprint density at radius 1 is 1.26 bits per heavy atom. The minimum Gasteiger partial charge on any atom is -0.476 e. The number of amides is 2. The summed E-state index contributed by atoms with van der Waals surface area (Å²) in [6.45, 7) is 5.00. The Balaban J connectivity index is 1.88. The van der Waals surface area contributed by atoms with Crippen LogP contribution in [0.25, 0.3) is 0 Å². The highest BCUT2D eigenvalue weighted by Gasteiger charge is 2.42. The van der Waals surface area contributed by atoms with Crippen LogP contribution in [-0.4, -0.2) is 41.9 Å². The van der Waals surface area contributed by atoms with E-state index in [1.54, 1.807) is 32.0 Å². The van der Waals surface area contributed by atoms with Crippen molar-refractivity contribution in [2.75, 3.05) is 30.3 Å². The quantitative estimate of drug-likeness (QED) is 0.844. The smallest absolute Gasteiger partial charge is 0.271 e. The number of nitrogen functional groups attached to an aromatic ring is 1. The fourth-order valence-corrected chi connectivity index (χ4v) is 3.12. The van der Waals surface area contributed by atoms with E-state index in [2.05, 4.69) is 0 Å². The molecule has 0 unspecified atom stereocenters. The van der Waals surface area contributed by atoms with E-state index >= 15 is 0 Å². The van der Waals surface area contributed by atoms with Crippen LogP contribution < -0.4 is 15.4 Å². The van der Waals surface area contributed by atoms with Gasteiger partial charge in [-0.15, -0.1) is 0 Å². The molecular weight excluding hydrogens is 294 g/mol. The van der Waals surface area contributed by atoms with Gasteiger partial charge in [0.25, 0.3) is 5.91 Å². The molecule has 23 heavy (non-hydrogen) atoms. The normalized spacial score (nSPS) is 20.0. The zero-order valence-corrected chi connectivity index (χ0v) is 13.7. The minimum absolute atomic E-state index is 0.0240. The molecule has 0 radical (unpaired) electrons. The van der Waals surface area contributed by atoms with E-state index in [0.717, 1.165) is 32.4 Å². The van der Waals surface area contributed by atoms with Gasteiger partial charge in [0.1, 0.15) is 12.3 Å². The van der Waals surface area contributed by atoms with Crippen LogP contribution in [0.3, 0.4) is 0 Å². The van der Waals surface area contributed by atoms with Crippen LogP contribution in [0.1, 0.15) is 33.1 Å². The second-order valence-electron chi connectivity index (χ2n) is 6.67. The third-order valence-corrected chi connectivity index (χ3v) is 4.40. The summed E-state index contributed by atoms with van der Waals surface area (Å²) >= 11 is 0. The van der Waals surface area contributed by atoms with Gasteiger partial charge in [-0.3, -0.25) is 14.5 Å². The molecule has 0 aromatic heterocycles. The number of anilines is 2. The molecule has 1 aromatic rings. The van der Waals surface area contributed by atoms with Gasteiger partial charge in [-0.05, 0) is 51.3 Å². The number of carbonyl (C=O) groups excluding carboxylic acids is 2. The number of rotatable bonds is 2. The van der Waals surface area contributed by atoms with Crippen LogP contribution in [0.4, 0.5) is 11.4 Å². The van der Waals surface area contributed by atoms with Crippen molar-refractivity contribution in [1.29, 1.82) is 0 Å². The second-order valence-corrected chi connectivity index (χ2v) is 6.67. The maximum Gasteiger partial charge on any atom is 0.271 e. The lowest BCUT2D eigenvalue weighted by Gasteiger charge is -2.39. The summed E-state index contributed by atoms with van der Waals surface area (Å²) in [4.78, 5) is 28.7. The molecule has 3 rings (SSSR count). The predicted octanol–water partition coefficient (Wildman–Crippen LogP) is 1.79. The fourth-order valence-electron chi connectivity index (χ4n) is 3.12. The number of hydrogen-bond acceptors (Lipinski definition) is 4. The van der Waals surface area contributed by atoms with Gasteiger partial charge in [0.15, 0.2) is 5.60 Å². The number of likely N-dealkylation sites (tertiary alicyclic amines) is 1. The zero-order valence-electron chi connectivity index (χ0n) is 13.7. The number of carbonyl (C=O) groups is 2. The van der Waals surface area contributed by atoms with Crippen molar-refractivity contribution in [2.24, 2.45) is 0 Å². The molecule has 6 heteroatoms. The first kappa shape index (κ1) is 15.6. The van der Waals surface area contributed by atoms with Gasteiger partial charge < -0.3 is 15.4 Å². The third kappa shape index (κ3) is 2.98. The lowest BCUT2D eigenvalue weighted by atomic mass is 10.0. The van der Waals surface area contributed by atoms with E-state index in [0.29, 0.717) is 17.1 Å². The van der Waals surface area contributed by atoms with E-state index in [-0.39, 0.29) is 18.4 Å². The monoisotopic (exact) mass is 317 g/mol. The van der Waals surface area contributed by atoms with Crippen LogP contribution in [0.5, 0.6) is 5.75 Å². The van der Waals surface area contributed by atoms with Crippen molar-refractivity contribution in [3.05, 3.63) is 18.2 Å². The predicted molar refractivity (Wildman–Crippen MR) is 88.3 cm³/mol. The Labute approximate surface area is 136 Å². The van der Waals surface area contributed by atoms with Gasteiger partial charge in [-0.1, -0.05) is 0 Å². The van der Waals surface area contributed by atoms with Crippen molar-refractivity contribution < 1.29 is 14.3 Å². The molecule has 1 saturated heterocycles. The van der Waals surface area contributed by atoms with Crippen molar-refractivity contribution in [2.45, 2.75) is 38.7 Å². The summed E-state index contributed by atoms with van der Waals surface area (Å²) in [5.74, 6) is 0.334. The lowest BCUT2D eigenvalue weighted by Crippen LogP contribution is -2.55. The number of piperidine rings is 1. The van der Waals surface area contributed by atoms with E-state index < -0.39 is 5.60 Å². The summed E-state index contributed by atoms with van der Waals surface area (Å²) in [5.41, 5.74) is 5.95. The van der Waals surface area contributed by atoms with Gasteiger partial charge in [0, 0.05) is 18.8 Å². The molecule has 2 aliphatic heterocycles. The summed E-state index contributed by atoms with van der Waals surface area (Å²) in [6, 6.07) is 5.17. The van der Waals surface area contributed by atoms with Gasteiger partial charge in [0.2, 0.25) is 5.91 Å². The van der Waals surface area contributed by atoms with Crippen LogP contribution in [0, 0.1) is 0 Å². The molecule has 0 saturated carbocycles. The molecular formula is C17H23N3O3. The lowest BCUT2D eigenvalue weighted by molar-refractivity contribution is -0.137. The first-order valence-corrected chi connectivity index (χ1v) is 8.07. The van der Waals surface area contributed by atoms with Crippen LogP contribution in [-0.2, 0) is 9.59 Å². The Hall–Kier alpha value is -2.24. The summed E-state index contributed by atoms with van der Waals surface area (Å²) in [6.07, 6.45) is 3.21. The number of hydrogen-bond donors (Lipinski definition) is 1. The first-order valence-electron chi connectivity index (χ1n) is 8.07. The largest absolute Gasteiger partial charge is 0.476 e. The van der Waals surface area contributed by atoms with Crippen LogP contribution >= 0.6 is 0 Å². The molecule has 0 aliphatic carbocycles. The highest BCUT2D eigenvalue weighted by molar-refractivity contribution is 6.06. The average Bonchev–Trinajstić information content (AvgIpc) is 2.53. The Morgan fingerprint density at radius 2 is 1.96 bits per heavy atom. The third-order valence-electron chi connectivity index (χ3n) is 4.40. The van der Waals surface area contributed by atoms with Crippen LogP contribution in [0.2, 0.25) is 0 Å². The molecule has 6 nitrogen and oxygen atoms in total. The molecule has 2 heterocycles. The average molecular weight is 317 g/mol. The van der Waals surface area contributed by atoms with Gasteiger partial charge in [0.05, 0.1) is 5.69 Å². The number of benzene rings is 1. The molecule has 1 aromatic carbocycles. The number of nitrogens with zero attached hydrogens (tertiary/aromatic N) is 2. The SMILES string of the molecule is CC1(C)Oc2ccc(N)cc2N(CC(=O)N2CCCCC2)C1=O. The van der Waals surface area contributed by atoms with Crippen molar-refractivity contribution in [1.82, 2.24) is 4.90 Å².